The van der Waals surface area contributed by atoms with Crippen molar-refractivity contribution in [1.29, 1.82) is 0 Å². The van der Waals surface area contributed by atoms with Gasteiger partial charge < -0.3 is 10.6 Å². The van der Waals surface area contributed by atoms with Gasteiger partial charge in [-0.05, 0) is 23.0 Å². The van der Waals surface area contributed by atoms with Gasteiger partial charge in [-0.1, -0.05) is 57.3 Å². The van der Waals surface area contributed by atoms with Gasteiger partial charge in [0.15, 0.2) is 6.54 Å². The second kappa shape index (κ2) is 5.44. The fourth-order valence-corrected chi connectivity index (χ4v) is 2.55. The maximum atomic E-state index is 6.30. The highest BCUT2D eigenvalue weighted by atomic mass is 28.4. The van der Waals surface area contributed by atoms with Crippen molar-refractivity contribution in [2.24, 2.45) is 0 Å². The summed E-state index contributed by atoms with van der Waals surface area (Å²) >= 11 is 0. The van der Waals surface area contributed by atoms with Gasteiger partial charge in [0, 0.05) is 11.8 Å². The Balaban J connectivity index is 2.18. The lowest BCUT2D eigenvalue weighted by molar-refractivity contribution is -0.788. The van der Waals surface area contributed by atoms with Gasteiger partial charge in [0.25, 0.3) is 8.32 Å². The molecule has 0 bridgehead atoms. The van der Waals surface area contributed by atoms with Crippen LogP contribution in [0.3, 0.4) is 0 Å². The number of rotatable bonds is 4. The third kappa shape index (κ3) is 3.31. The van der Waals surface area contributed by atoms with Crippen LogP contribution in [-0.2, 0) is 6.54 Å². The van der Waals surface area contributed by atoms with Crippen LogP contribution in [0.2, 0.25) is 18.1 Å². The first-order valence-corrected chi connectivity index (χ1v) is 9.92. The zero-order valence-electron chi connectivity index (χ0n) is 13.1. The van der Waals surface area contributed by atoms with Gasteiger partial charge in [-0.15, -0.1) is 4.68 Å². The largest absolute Gasteiger partial charge is 0.431 e. The molecule has 0 fully saturated rings. The van der Waals surface area contributed by atoms with E-state index in [-0.39, 0.29) is 5.04 Å². The minimum atomic E-state index is -1.84. The summed E-state index contributed by atoms with van der Waals surface area (Å²) in [6, 6.07) is 13.5. The Morgan fingerprint density at radius 3 is 2.45 bits per heavy atom. The van der Waals surface area contributed by atoms with Crippen LogP contribution >= 0.6 is 0 Å². The van der Waals surface area contributed by atoms with Gasteiger partial charge in [-0.25, -0.2) is 0 Å². The van der Waals surface area contributed by atoms with Gasteiger partial charge in [0.05, 0.1) is 0 Å². The maximum absolute atomic E-state index is 6.30. The standard InChI is InChI=1S/C16H24N2OSi/c1-16(2,3)20(4,5)19-18-13-9-12-17(18)14-15-10-7-6-8-11-15/h6-8,10-13H,14H2,1-5H3. The molecular formula is C16H24N2OSi. The van der Waals surface area contributed by atoms with E-state index in [1.54, 1.807) is 0 Å². The lowest BCUT2D eigenvalue weighted by Crippen LogP contribution is -2.56. The predicted octanol–water partition coefficient (Wildman–Crippen LogP) is 3.06. The number of hydrogen-bond acceptors (Lipinski definition) is 1. The maximum Gasteiger partial charge on any atom is 0.291 e. The van der Waals surface area contributed by atoms with Crippen LogP contribution in [-0.4, -0.2) is 13.2 Å². The van der Waals surface area contributed by atoms with Crippen molar-refractivity contribution in [1.82, 2.24) is 4.85 Å². The van der Waals surface area contributed by atoms with Crippen LogP contribution in [0, 0.1) is 6.07 Å². The molecule has 0 amide bonds. The number of benzene rings is 1. The molecule has 108 valence electrons. The minimum absolute atomic E-state index is 0.182. The molecule has 1 aromatic heterocycles. The summed E-state index contributed by atoms with van der Waals surface area (Å²) in [6.45, 7) is 12.0. The molecule has 20 heavy (non-hydrogen) atoms. The zero-order valence-corrected chi connectivity index (χ0v) is 14.1. The molecule has 0 saturated heterocycles. The molecule has 0 aliphatic rings. The Morgan fingerprint density at radius 1 is 1.20 bits per heavy atom. The average Bonchev–Trinajstić information content (AvgIpc) is 2.76. The molecule has 0 spiro atoms. The van der Waals surface area contributed by atoms with Crippen LogP contribution in [0.1, 0.15) is 26.3 Å². The molecular weight excluding hydrogens is 264 g/mol. The first-order valence-electron chi connectivity index (χ1n) is 7.01. The van der Waals surface area contributed by atoms with Crippen LogP contribution in [0.5, 0.6) is 0 Å². The lowest BCUT2D eigenvalue weighted by atomic mass is 10.2. The van der Waals surface area contributed by atoms with Crippen LogP contribution < -0.4 is 9.21 Å². The van der Waals surface area contributed by atoms with Gasteiger partial charge in [-0.2, -0.15) is 0 Å². The summed E-state index contributed by atoms with van der Waals surface area (Å²) in [5.41, 5.74) is 1.25. The highest BCUT2D eigenvalue weighted by molar-refractivity contribution is 6.74. The smallest absolute Gasteiger partial charge is 0.291 e. The Kier molecular flexibility index (Phi) is 4.04. The Bertz CT molecular complexity index is 555. The van der Waals surface area contributed by atoms with Crippen molar-refractivity contribution < 1.29 is 9.21 Å². The van der Waals surface area contributed by atoms with Crippen molar-refractivity contribution in [2.75, 3.05) is 0 Å². The molecule has 0 aliphatic carbocycles. The topological polar surface area (TPSA) is 18.0 Å². The number of nitrogens with zero attached hydrogens (tertiary/aromatic N) is 2. The minimum Gasteiger partial charge on any atom is -0.431 e. The fourth-order valence-electron chi connectivity index (χ4n) is 1.65. The molecule has 0 radical (unpaired) electrons. The third-order valence-electron chi connectivity index (χ3n) is 3.98. The SMILES string of the molecule is CC(C)(C)[Si](C)(C)On1c[c-]c[n+]1Cc1ccccc1. The summed E-state index contributed by atoms with van der Waals surface area (Å²) in [5, 5.41) is 0.182. The van der Waals surface area contributed by atoms with Gasteiger partial charge in [-0.3, -0.25) is 0 Å². The normalized spacial score (nSPS) is 12.4. The van der Waals surface area contributed by atoms with Crippen molar-refractivity contribution >= 4 is 8.32 Å². The average molecular weight is 288 g/mol. The van der Waals surface area contributed by atoms with Gasteiger partial charge in [0.1, 0.15) is 0 Å². The lowest BCUT2D eigenvalue weighted by Gasteiger charge is -2.34. The predicted molar refractivity (Wildman–Crippen MR) is 82.8 cm³/mol. The van der Waals surface area contributed by atoms with Crippen molar-refractivity contribution in [2.45, 2.75) is 45.4 Å². The van der Waals surface area contributed by atoms with Gasteiger partial charge >= 0.3 is 0 Å². The summed E-state index contributed by atoms with van der Waals surface area (Å²) in [4.78, 5) is 1.84. The van der Waals surface area contributed by atoms with E-state index in [1.165, 1.54) is 5.56 Å². The van der Waals surface area contributed by atoms with Crippen LogP contribution in [0.15, 0.2) is 42.7 Å². The molecule has 0 unspecified atom stereocenters. The fraction of sp³-hybridized carbons (Fsp3) is 0.438. The van der Waals surface area contributed by atoms with E-state index in [2.05, 4.69) is 68.9 Å². The Hall–Kier alpha value is -1.55. The van der Waals surface area contributed by atoms with Gasteiger partial charge in [0.2, 0.25) is 0 Å². The second-order valence-electron chi connectivity index (χ2n) is 6.66. The van der Waals surface area contributed by atoms with Crippen LogP contribution in [0.4, 0.5) is 0 Å². The molecule has 0 saturated carbocycles. The number of aromatic nitrogens is 2. The monoisotopic (exact) mass is 288 g/mol. The van der Waals surface area contributed by atoms with E-state index in [1.807, 2.05) is 23.3 Å². The first-order chi connectivity index (χ1) is 9.29. The summed E-state index contributed by atoms with van der Waals surface area (Å²) in [5.74, 6) is 0. The molecule has 3 nitrogen and oxygen atoms in total. The zero-order chi connectivity index (χ0) is 14.8. The third-order valence-corrected chi connectivity index (χ3v) is 8.23. The molecule has 4 heteroatoms. The Labute approximate surface area is 122 Å². The second-order valence-corrected chi connectivity index (χ2v) is 11.4. The van der Waals surface area contributed by atoms with Crippen LogP contribution in [0.25, 0.3) is 0 Å². The summed E-state index contributed by atoms with van der Waals surface area (Å²) in [6.07, 6.45) is 3.80. The number of hydrogen-bond donors (Lipinski definition) is 0. The molecule has 1 heterocycles. The molecule has 2 aromatic rings. The van der Waals surface area contributed by atoms with Crippen molar-refractivity contribution in [3.05, 3.63) is 54.4 Å². The molecule has 0 atom stereocenters. The quantitative estimate of drug-likeness (QED) is 0.480. The molecule has 2 rings (SSSR count). The highest BCUT2D eigenvalue weighted by Gasteiger charge is 2.41. The van der Waals surface area contributed by atoms with E-state index < -0.39 is 8.32 Å². The highest BCUT2D eigenvalue weighted by Crippen LogP contribution is 2.34. The van der Waals surface area contributed by atoms with E-state index in [4.69, 9.17) is 4.53 Å². The van der Waals surface area contributed by atoms with E-state index in [0.717, 1.165) is 6.54 Å². The van der Waals surface area contributed by atoms with Crippen molar-refractivity contribution in [3.8, 4) is 0 Å². The summed E-state index contributed by atoms with van der Waals surface area (Å²) in [7, 11) is -1.84. The van der Waals surface area contributed by atoms with Crippen molar-refractivity contribution in [3.63, 3.8) is 0 Å². The van der Waals surface area contributed by atoms with E-state index >= 15 is 0 Å². The Morgan fingerprint density at radius 2 is 1.85 bits per heavy atom. The first kappa shape index (κ1) is 14.8. The molecule has 1 aromatic carbocycles. The molecule has 0 aliphatic heterocycles. The van der Waals surface area contributed by atoms with E-state index in [9.17, 15) is 0 Å². The molecule has 0 N–H and O–H groups in total. The van der Waals surface area contributed by atoms with E-state index in [0.29, 0.717) is 0 Å². The summed E-state index contributed by atoms with van der Waals surface area (Å²) < 4.78 is 8.35.